The van der Waals surface area contributed by atoms with Crippen LogP contribution in [0.4, 0.5) is 0 Å². The molecule has 2 rings (SSSR count). The Morgan fingerprint density at radius 3 is 2.35 bits per heavy atom. The topological polar surface area (TPSA) is 63.1 Å². The van der Waals surface area contributed by atoms with Gasteiger partial charge in [-0.05, 0) is 24.3 Å². The maximum absolute atomic E-state index is 11.8. The van der Waals surface area contributed by atoms with Crippen molar-refractivity contribution >= 4 is 17.6 Å². The molecule has 0 aliphatic carbocycles. The highest BCUT2D eigenvalue weighted by Crippen LogP contribution is 2.39. The minimum absolute atomic E-state index is 0.185. The summed E-state index contributed by atoms with van der Waals surface area (Å²) in [6.07, 6.45) is 8.74. The first kappa shape index (κ1) is 20.4. The van der Waals surface area contributed by atoms with E-state index in [9.17, 15) is 9.90 Å². The molecule has 26 heavy (non-hydrogen) atoms. The Hall–Kier alpha value is -1.94. The Labute approximate surface area is 160 Å². The Morgan fingerprint density at radius 1 is 1.15 bits per heavy atom. The fourth-order valence-corrected chi connectivity index (χ4v) is 3.25. The summed E-state index contributed by atoms with van der Waals surface area (Å²) in [5.74, 6) is -1.20. The molecule has 0 saturated carbocycles. The summed E-state index contributed by atoms with van der Waals surface area (Å²) in [5, 5.41) is 9.64. The van der Waals surface area contributed by atoms with Gasteiger partial charge in [-0.15, -0.1) is 11.6 Å². The van der Waals surface area contributed by atoms with E-state index in [4.69, 9.17) is 11.6 Å². The lowest BCUT2D eigenvalue weighted by molar-refractivity contribution is -0.142. The number of halogens is 1. The number of carbonyl (C=O) groups is 1. The third kappa shape index (κ3) is 4.42. The van der Waals surface area contributed by atoms with Gasteiger partial charge in [-0.2, -0.15) is 0 Å². The van der Waals surface area contributed by atoms with E-state index in [0.717, 1.165) is 29.8 Å². The first-order chi connectivity index (χ1) is 12.4. The molecule has 2 unspecified atom stereocenters. The van der Waals surface area contributed by atoms with E-state index >= 15 is 0 Å². The second-order valence-corrected chi connectivity index (χ2v) is 7.35. The van der Waals surface area contributed by atoms with Gasteiger partial charge in [0.15, 0.2) is 4.87 Å². The summed E-state index contributed by atoms with van der Waals surface area (Å²) in [7, 11) is 0. The Balaban J connectivity index is 2.19. The van der Waals surface area contributed by atoms with Crippen molar-refractivity contribution in [1.82, 2.24) is 9.97 Å². The molecular weight excluding hydrogens is 348 g/mol. The molecule has 140 valence electrons. The van der Waals surface area contributed by atoms with Crippen molar-refractivity contribution in [2.24, 2.45) is 5.92 Å². The molecule has 5 heteroatoms. The molecule has 4 nitrogen and oxygen atoms in total. The quantitative estimate of drug-likeness (QED) is 0.468. The largest absolute Gasteiger partial charge is 0.480 e. The van der Waals surface area contributed by atoms with Gasteiger partial charge in [0.25, 0.3) is 0 Å². The molecule has 0 bridgehead atoms. The highest BCUT2D eigenvalue weighted by atomic mass is 35.5. The van der Waals surface area contributed by atoms with E-state index in [2.05, 4.69) is 16.9 Å². The molecule has 1 N–H and O–H groups in total. The summed E-state index contributed by atoms with van der Waals surface area (Å²) in [6, 6.07) is 7.27. The molecule has 1 aromatic carbocycles. The van der Waals surface area contributed by atoms with Gasteiger partial charge < -0.3 is 5.11 Å². The van der Waals surface area contributed by atoms with Crippen LogP contribution in [0.3, 0.4) is 0 Å². The molecule has 0 saturated heterocycles. The van der Waals surface area contributed by atoms with Crippen LogP contribution in [0.25, 0.3) is 11.3 Å². The van der Waals surface area contributed by atoms with Crippen LogP contribution < -0.4 is 0 Å². The molecule has 0 aliphatic rings. The molecule has 0 radical (unpaired) electrons. The lowest BCUT2D eigenvalue weighted by Gasteiger charge is -2.29. The van der Waals surface area contributed by atoms with E-state index in [1.54, 1.807) is 18.3 Å². The monoisotopic (exact) mass is 374 g/mol. The van der Waals surface area contributed by atoms with Crippen molar-refractivity contribution < 1.29 is 9.90 Å². The van der Waals surface area contributed by atoms with Gasteiger partial charge in [-0.25, -0.2) is 4.79 Å². The van der Waals surface area contributed by atoms with E-state index < -0.39 is 10.8 Å². The van der Waals surface area contributed by atoms with Crippen LogP contribution >= 0.6 is 11.6 Å². The van der Waals surface area contributed by atoms with Gasteiger partial charge in [-0.1, -0.05) is 64.3 Å². The molecule has 1 aromatic heterocycles. The molecule has 0 fully saturated rings. The highest BCUT2D eigenvalue weighted by Gasteiger charge is 2.42. The van der Waals surface area contributed by atoms with Crippen LogP contribution in [0, 0.1) is 5.92 Å². The Morgan fingerprint density at radius 2 is 1.85 bits per heavy atom. The summed E-state index contributed by atoms with van der Waals surface area (Å²) in [6.45, 7) is 5.98. The van der Waals surface area contributed by atoms with Gasteiger partial charge in [0.05, 0.1) is 17.6 Å². The van der Waals surface area contributed by atoms with Crippen LogP contribution in [0.5, 0.6) is 0 Å². The van der Waals surface area contributed by atoms with Crippen molar-refractivity contribution in [1.29, 1.82) is 0 Å². The Bertz CT molecular complexity index is 716. The van der Waals surface area contributed by atoms with Crippen molar-refractivity contribution in [3.63, 3.8) is 0 Å². The smallest absolute Gasteiger partial charge is 0.329 e. The standard InChI is InChI=1S/C21H27ClN2O2/c1-4-6-7-8-18-13-24-19(14-23-18)16-9-11-17(12-10-16)21(22,20(25)26)15(3)5-2/h9-15H,4-8H2,1-3H3,(H,25,26). The number of benzene rings is 1. The summed E-state index contributed by atoms with van der Waals surface area (Å²) in [4.78, 5) is 19.3. The SMILES string of the molecule is CCCCCc1cnc(-c2ccc(C(Cl)(C(=O)O)C(C)CC)cc2)cn1. The lowest BCUT2D eigenvalue weighted by Crippen LogP contribution is -2.36. The number of aliphatic carboxylic acids is 1. The number of aromatic nitrogens is 2. The fraction of sp³-hybridized carbons (Fsp3) is 0.476. The van der Waals surface area contributed by atoms with Crippen molar-refractivity contribution in [2.75, 3.05) is 0 Å². The third-order valence-electron chi connectivity index (χ3n) is 4.95. The maximum atomic E-state index is 11.8. The van der Waals surface area contributed by atoms with Crippen LogP contribution in [-0.2, 0) is 16.1 Å². The molecule has 2 atom stereocenters. The predicted molar refractivity (Wildman–Crippen MR) is 105 cm³/mol. The predicted octanol–water partition coefficient (Wildman–Crippen LogP) is 5.44. The molecular formula is C21H27ClN2O2. The number of carboxylic acid groups (broad SMARTS) is 1. The zero-order valence-electron chi connectivity index (χ0n) is 15.7. The fourth-order valence-electron chi connectivity index (χ4n) is 2.97. The average Bonchev–Trinajstić information content (AvgIpc) is 2.67. The average molecular weight is 375 g/mol. The number of alkyl halides is 1. The third-order valence-corrected chi connectivity index (χ3v) is 5.70. The number of carboxylic acids is 1. The second-order valence-electron chi connectivity index (χ2n) is 6.75. The summed E-state index contributed by atoms with van der Waals surface area (Å²) < 4.78 is 0. The van der Waals surface area contributed by atoms with Crippen LogP contribution in [0.2, 0.25) is 0 Å². The first-order valence-electron chi connectivity index (χ1n) is 9.27. The molecule has 0 aliphatic heterocycles. The van der Waals surface area contributed by atoms with Gasteiger partial charge >= 0.3 is 5.97 Å². The number of hydrogen-bond acceptors (Lipinski definition) is 3. The molecule has 1 heterocycles. The molecule has 0 spiro atoms. The number of rotatable bonds is 9. The van der Waals surface area contributed by atoms with E-state index in [1.165, 1.54) is 12.8 Å². The van der Waals surface area contributed by atoms with Crippen LogP contribution in [0.1, 0.15) is 57.7 Å². The van der Waals surface area contributed by atoms with E-state index in [1.807, 2.05) is 32.2 Å². The summed E-state index contributed by atoms with van der Waals surface area (Å²) >= 11 is 6.50. The highest BCUT2D eigenvalue weighted by molar-refractivity contribution is 6.33. The van der Waals surface area contributed by atoms with Crippen molar-refractivity contribution in [2.45, 2.75) is 57.7 Å². The number of hydrogen-bond donors (Lipinski definition) is 1. The van der Waals surface area contributed by atoms with Crippen LogP contribution in [-0.4, -0.2) is 21.0 Å². The molecule has 2 aromatic rings. The number of nitrogens with zero attached hydrogens (tertiary/aromatic N) is 2. The summed E-state index contributed by atoms with van der Waals surface area (Å²) in [5.41, 5.74) is 3.26. The van der Waals surface area contributed by atoms with E-state index in [-0.39, 0.29) is 5.92 Å². The van der Waals surface area contributed by atoms with Crippen molar-refractivity contribution in [3.05, 3.63) is 47.9 Å². The van der Waals surface area contributed by atoms with Gasteiger partial charge in [0, 0.05) is 11.8 Å². The maximum Gasteiger partial charge on any atom is 0.329 e. The zero-order valence-corrected chi connectivity index (χ0v) is 16.5. The second kappa shape index (κ2) is 9.13. The van der Waals surface area contributed by atoms with Gasteiger partial charge in [0.2, 0.25) is 0 Å². The minimum Gasteiger partial charge on any atom is -0.480 e. The van der Waals surface area contributed by atoms with Gasteiger partial charge in [-0.3, -0.25) is 9.97 Å². The first-order valence-corrected chi connectivity index (χ1v) is 9.65. The normalized spacial score (nSPS) is 14.6. The Kier molecular flexibility index (Phi) is 7.15. The number of aryl methyl sites for hydroxylation is 1. The zero-order chi connectivity index (χ0) is 19.2. The van der Waals surface area contributed by atoms with Gasteiger partial charge in [0.1, 0.15) is 0 Å². The number of unbranched alkanes of at least 4 members (excludes halogenated alkanes) is 2. The minimum atomic E-state index is -1.41. The van der Waals surface area contributed by atoms with Crippen LogP contribution in [0.15, 0.2) is 36.7 Å². The molecule has 0 amide bonds. The lowest BCUT2D eigenvalue weighted by atomic mass is 9.84. The van der Waals surface area contributed by atoms with Crippen molar-refractivity contribution in [3.8, 4) is 11.3 Å². The van der Waals surface area contributed by atoms with E-state index in [0.29, 0.717) is 12.0 Å².